The van der Waals surface area contributed by atoms with E-state index in [4.69, 9.17) is 27.9 Å². The minimum absolute atomic E-state index is 0.216. The van der Waals surface area contributed by atoms with Crippen molar-refractivity contribution < 1.29 is 14.3 Å². The molecule has 1 aromatic rings. The van der Waals surface area contributed by atoms with Gasteiger partial charge in [-0.15, -0.1) is 0 Å². The highest BCUT2D eigenvalue weighted by atomic mass is 35.5. The molecule has 6 heteroatoms. The number of halogens is 2. The van der Waals surface area contributed by atoms with Crippen molar-refractivity contribution in [3.63, 3.8) is 0 Å². The van der Waals surface area contributed by atoms with Crippen LogP contribution >= 0.6 is 23.2 Å². The molecule has 1 aliphatic rings. The average Bonchev–Trinajstić information content (AvgIpc) is 2.48. The Morgan fingerprint density at radius 1 is 1.30 bits per heavy atom. The van der Waals surface area contributed by atoms with E-state index in [2.05, 4.69) is 0 Å². The van der Waals surface area contributed by atoms with Gasteiger partial charge >= 0.3 is 5.97 Å². The van der Waals surface area contributed by atoms with Crippen LogP contribution in [0.25, 0.3) is 0 Å². The molecule has 0 saturated carbocycles. The summed E-state index contributed by atoms with van der Waals surface area (Å²) in [7, 11) is 1.33. The number of methoxy groups -OCH3 is 1. The number of esters is 1. The molecule has 108 valence electrons. The standard InChI is InChI=1S/C14H15Cl2NO3/c1-20-14(19)11-7-2-3-8-17(11)13(18)9-5-4-6-10(15)12(9)16/h4-6,11H,2-3,7-8H2,1H3/t11-/m1/s1. The number of piperidine rings is 1. The summed E-state index contributed by atoms with van der Waals surface area (Å²) in [5, 5.41) is 0.539. The van der Waals surface area contributed by atoms with Gasteiger partial charge in [0.1, 0.15) is 6.04 Å². The number of hydrogen-bond acceptors (Lipinski definition) is 3. The minimum atomic E-state index is -0.545. The number of carbonyl (C=O) groups excluding carboxylic acids is 2. The van der Waals surface area contributed by atoms with Gasteiger partial charge in [0.25, 0.3) is 5.91 Å². The normalized spacial score (nSPS) is 18.8. The first-order valence-electron chi connectivity index (χ1n) is 6.39. The zero-order valence-electron chi connectivity index (χ0n) is 11.1. The Labute approximate surface area is 127 Å². The molecule has 0 unspecified atom stereocenters. The number of likely N-dealkylation sites (tertiary alicyclic amines) is 1. The van der Waals surface area contributed by atoms with E-state index in [1.807, 2.05) is 0 Å². The van der Waals surface area contributed by atoms with Crippen molar-refractivity contribution >= 4 is 35.1 Å². The van der Waals surface area contributed by atoms with Gasteiger partial charge < -0.3 is 9.64 Å². The third-order valence-electron chi connectivity index (χ3n) is 3.42. The number of amides is 1. The summed E-state index contributed by atoms with van der Waals surface area (Å²) in [6.07, 6.45) is 2.36. The second-order valence-corrected chi connectivity index (χ2v) is 5.42. The quantitative estimate of drug-likeness (QED) is 0.787. The van der Waals surface area contributed by atoms with E-state index in [0.29, 0.717) is 23.6 Å². The van der Waals surface area contributed by atoms with Crippen molar-refractivity contribution in [1.82, 2.24) is 4.90 Å². The predicted molar refractivity (Wildman–Crippen MR) is 77.2 cm³/mol. The Bertz CT molecular complexity index is 533. The Kier molecular flexibility index (Phi) is 4.89. The molecule has 0 N–H and O–H groups in total. The molecule has 0 aliphatic carbocycles. The highest BCUT2D eigenvalue weighted by molar-refractivity contribution is 6.43. The van der Waals surface area contributed by atoms with Crippen LogP contribution in [-0.2, 0) is 9.53 Å². The van der Waals surface area contributed by atoms with Crippen LogP contribution in [0.2, 0.25) is 10.0 Å². The Morgan fingerprint density at radius 2 is 2.05 bits per heavy atom. The Balaban J connectivity index is 2.30. The molecular weight excluding hydrogens is 301 g/mol. The lowest BCUT2D eigenvalue weighted by Crippen LogP contribution is -2.48. The molecule has 4 nitrogen and oxygen atoms in total. The number of benzene rings is 1. The van der Waals surface area contributed by atoms with Crippen LogP contribution in [0.5, 0.6) is 0 Å². The first-order chi connectivity index (χ1) is 9.56. The highest BCUT2D eigenvalue weighted by Gasteiger charge is 2.34. The summed E-state index contributed by atoms with van der Waals surface area (Å²) < 4.78 is 4.77. The van der Waals surface area contributed by atoms with Gasteiger partial charge in [-0.3, -0.25) is 4.79 Å². The number of rotatable bonds is 2. The maximum atomic E-state index is 12.6. The molecule has 1 atom stereocenters. The first-order valence-corrected chi connectivity index (χ1v) is 7.14. The van der Waals surface area contributed by atoms with Crippen LogP contribution in [-0.4, -0.2) is 36.5 Å². The highest BCUT2D eigenvalue weighted by Crippen LogP contribution is 2.28. The summed E-state index contributed by atoms with van der Waals surface area (Å²) in [6, 6.07) is 4.35. The third kappa shape index (κ3) is 2.91. The average molecular weight is 316 g/mol. The van der Waals surface area contributed by atoms with Gasteiger partial charge in [0, 0.05) is 6.54 Å². The van der Waals surface area contributed by atoms with E-state index in [0.717, 1.165) is 12.8 Å². The van der Waals surface area contributed by atoms with Gasteiger partial charge in [-0.1, -0.05) is 29.3 Å². The molecule has 0 radical (unpaired) electrons. The smallest absolute Gasteiger partial charge is 0.328 e. The lowest BCUT2D eigenvalue weighted by Gasteiger charge is -2.34. The van der Waals surface area contributed by atoms with E-state index in [1.54, 1.807) is 18.2 Å². The number of ether oxygens (including phenoxy) is 1. The minimum Gasteiger partial charge on any atom is -0.467 e. The summed E-state index contributed by atoms with van der Waals surface area (Å²) in [6.45, 7) is 0.515. The number of hydrogen-bond donors (Lipinski definition) is 0. The molecule has 1 fully saturated rings. The first kappa shape index (κ1) is 15.1. The van der Waals surface area contributed by atoms with Gasteiger partial charge in [0.2, 0.25) is 0 Å². The van der Waals surface area contributed by atoms with Crippen LogP contribution in [0, 0.1) is 0 Å². The van der Waals surface area contributed by atoms with Crippen molar-refractivity contribution in [2.45, 2.75) is 25.3 Å². The predicted octanol–water partition coefficient (Wildman–Crippen LogP) is 3.16. The Morgan fingerprint density at radius 3 is 2.75 bits per heavy atom. The molecule has 2 rings (SSSR count). The summed E-state index contributed by atoms with van der Waals surface area (Å²) >= 11 is 12.0. The lowest BCUT2D eigenvalue weighted by molar-refractivity contribution is -0.147. The molecule has 0 spiro atoms. The van der Waals surface area contributed by atoms with Gasteiger partial charge in [-0.05, 0) is 31.4 Å². The fourth-order valence-corrected chi connectivity index (χ4v) is 2.76. The lowest BCUT2D eigenvalue weighted by atomic mass is 10.0. The van der Waals surface area contributed by atoms with Gasteiger partial charge in [0.15, 0.2) is 0 Å². The van der Waals surface area contributed by atoms with Gasteiger partial charge in [-0.2, -0.15) is 0 Å². The molecule has 0 aromatic heterocycles. The van der Waals surface area contributed by atoms with E-state index in [-0.39, 0.29) is 10.9 Å². The fraction of sp³-hybridized carbons (Fsp3) is 0.429. The number of nitrogens with zero attached hydrogens (tertiary/aromatic N) is 1. The molecule has 20 heavy (non-hydrogen) atoms. The molecule has 1 saturated heterocycles. The van der Waals surface area contributed by atoms with E-state index in [9.17, 15) is 9.59 Å². The van der Waals surface area contributed by atoms with Crippen LogP contribution in [0.3, 0.4) is 0 Å². The maximum Gasteiger partial charge on any atom is 0.328 e. The van der Waals surface area contributed by atoms with E-state index >= 15 is 0 Å². The van der Waals surface area contributed by atoms with Crippen molar-refractivity contribution in [1.29, 1.82) is 0 Å². The second kappa shape index (κ2) is 6.46. The van der Waals surface area contributed by atoms with Gasteiger partial charge in [0.05, 0.1) is 22.7 Å². The van der Waals surface area contributed by atoms with Crippen molar-refractivity contribution in [3.8, 4) is 0 Å². The topological polar surface area (TPSA) is 46.6 Å². The largest absolute Gasteiger partial charge is 0.467 e. The molecule has 1 amide bonds. The SMILES string of the molecule is COC(=O)[C@H]1CCCCN1C(=O)c1cccc(Cl)c1Cl. The second-order valence-electron chi connectivity index (χ2n) is 4.63. The summed E-state index contributed by atoms with van der Waals surface area (Å²) in [4.78, 5) is 25.9. The third-order valence-corrected chi connectivity index (χ3v) is 4.24. The van der Waals surface area contributed by atoms with Crippen LogP contribution in [0.4, 0.5) is 0 Å². The van der Waals surface area contributed by atoms with Crippen LogP contribution in [0.15, 0.2) is 18.2 Å². The monoisotopic (exact) mass is 315 g/mol. The van der Waals surface area contributed by atoms with E-state index in [1.165, 1.54) is 12.0 Å². The fourth-order valence-electron chi connectivity index (χ4n) is 2.38. The maximum absolute atomic E-state index is 12.6. The van der Waals surface area contributed by atoms with Gasteiger partial charge in [-0.25, -0.2) is 4.79 Å². The zero-order chi connectivity index (χ0) is 14.7. The Hall–Kier alpha value is -1.26. The molecule has 1 aliphatic heterocycles. The van der Waals surface area contributed by atoms with Crippen molar-refractivity contribution in [3.05, 3.63) is 33.8 Å². The zero-order valence-corrected chi connectivity index (χ0v) is 12.6. The number of carbonyl (C=O) groups is 2. The summed E-state index contributed by atoms with van der Waals surface area (Å²) in [5.74, 6) is -0.677. The van der Waals surface area contributed by atoms with Crippen molar-refractivity contribution in [2.24, 2.45) is 0 Å². The van der Waals surface area contributed by atoms with Crippen LogP contribution in [0.1, 0.15) is 29.6 Å². The molecule has 1 heterocycles. The molecule has 0 bridgehead atoms. The summed E-state index contributed by atoms with van der Waals surface area (Å²) in [5.41, 5.74) is 0.315. The molecular formula is C14H15Cl2NO3. The van der Waals surface area contributed by atoms with Crippen LogP contribution < -0.4 is 0 Å². The van der Waals surface area contributed by atoms with Crippen molar-refractivity contribution in [2.75, 3.05) is 13.7 Å². The molecule has 1 aromatic carbocycles. The van der Waals surface area contributed by atoms with E-state index < -0.39 is 12.0 Å².